The first-order chi connectivity index (χ1) is 6.06. The van der Waals surface area contributed by atoms with E-state index in [9.17, 15) is 9.59 Å². The highest BCUT2D eigenvalue weighted by atomic mass is 16.5. The fraction of sp³-hybridized carbons (Fsp3) is 0.778. The number of carbonyl (C=O) groups is 2. The molecule has 1 atom stereocenters. The molecule has 1 aliphatic heterocycles. The molecule has 1 heterocycles. The summed E-state index contributed by atoms with van der Waals surface area (Å²) in [6.45, 7) is 2.99. The Bertz CT molecular complexity index is 217. The number of amides is 1. The fourth-order valence-electron chi connectivity index (χ4n) is 1.61. The van der Waals surface area contributed by atoms with Gasteiger partial charge in [0.1, 0.15) is 0 Å². The summed E-state index contributed by atoms with van der Waals surface area (Å²) in [6.07, 6.45) is 2.10. The number of carbonyl (C=O) groups excluding carboxylic acids is 2. The molecule has 0 saturated carbocycles. The van der Waals surface area contributed by atoms with Gasteiger partial charge in [-0.2, -0.15) is 0 Å². The zero-order valence-electron chi connectivity index (χ0n) is 7.84. The maximum Gasteiger partial charge on any atom is 0.285 e. The molecule has 1 saturated heterocycles. The van der Waals surface area contributed by atoms with Crippen LogP contribution in [0.2, 0.25) is 0 Å². The molecule has 0 radical (unpaired) electrons. The second kappa shape index (κ2) is 3.87. The summed E-state index contributed by atoms with van der Waals surface area (Å²) in [4.78, 5) is 22.2. The molecule has 1 fully saturated rings. The average Bonchev–Trinajstić information content (AvgIpc) is 2.29. The third-order valence-electron chi connectivity index (χ3n) is 2.59. The summed E-state index contributed by atoms with van der Waals surface area (Å²) in [5, 5.41) is 0. The molecule has 13 heavy (non-hydrogen) atoms. The smallest absolute Gasteiger partial charge is 0.285 e. The van der Waals surface area contributed by atoms with Crippen molar-refractivity contribution in [3.63, 3.8) is 0 Å². The quantitative estimate of drug-likeness (QED) is 0.627. The molecule has 0 aliphatic carbocycles. The van der Waals surface area contributed by atoms with Crippen molar-refractivity contribution >= 4 is 11.7 Å². The van der Waals surface area contributed by atoms with Gasteiger partial charge in [-0.05, 0) is 19.3 Å². The van der Waals surface area contributed by atoms with E-state index in [4.69, 9.17) is 10.5 Å². The molecule has 0 aromatic rings. The minimum atomic E-state index is -0.829. The second-order valence-corrected chi connectivity index (χ2v) is 3.72. The molecule has 2 N–H and O–H groups in total. The van der Waals surface area contributed by atoms with Gasteiger partial charge in [0, 0.05) is 18.6 Å². The topological polar surface area (TPSA) is 69.4 Å². The predicted octanol–water partition coefficient (Wildman–Crippen LogP) is 0.248. The number of rotatable bonds is 2. The summed E-state index contributed by atoms with van der Waals surface area (Å²) < 4.78 is 5.22. The number of hydrogen-bond donors (Lipinski definition) is 1. The Morgan fingerprint density at radius 2 is 2.00 bits per heavy atom. The molecule has 1 amide bonds. The summed E-state index contributed by atoms with van der Waals surface area (Å²) in [6, 6.07) is 0. The maximum absolute atomic E-state index is 11.4. The lowest BCUT2D eigenvalue weighted by atomic mass is 9.78. The van der Waals surface area contributed by atoms with Crippen molar-refractivity contribution in [1.82, 2.24) is 0 Å². The molecule has 0 spiro atoms. The van der Waals surface area contributed by atoms with E-state index < -0.39 is 17.1 Å². The molecule has 0 aromatic heterocycles. The third-order valence-corrected chi connectivity index (χ3v) is 2.59. The average molecular weight is 185 g/mol. The zero-order valence-corrected chi connectivity index (χ0v) is 7.84. The first kappa shape index (κ1) is 10.2. The van der Waals surface area contributed by atoms with Crippen LogP contribution in [0.15, 0.2) is 0 Å². The van der Waals surface area contributed by atoms with Gasteiger partial charge < -0.3 is 10.5 Å². The normalized spacial score (nSPS) is 29.3. The van der Waals surface area contributed by atoms with Gasteiger partial charge in [-0.3, -0.25) is 9.59 Å². The van der Waals surface area contributed by atoms with E-state index >= 15 is 0 Å². The van der Waals surface area contributed by atoms with Crippen LogP contribution in [0, 0.1) is 5.41 Å². The number of hydrogen-bond acceptors (Lipinski definition) is 3. The van der Waals surface area contributed by atoms with Gasteiger partial charge >= 0.3 is 0 Å². The lowest BCUT2D eigenvalue weighted by Gasteiger charge is -2.23. The molecule has 1 aliphatic rings. The highest BCUT2D eigenvalue weighted by molar-refractivity contribution is 6.37. The number of ether oxygens (including phenoxy) is 1. The molecule has 4 nitrogen and oxygen atoms in total. The van der Waals surface area contributed by atoms with Crippen molar-refractivity contribution in [3.8, 4) is 0 Å². The van der Waals surface area contributed by atoms with Crippen LogP contribution in [0.3, 0.4) is 0 Å². The van der Waals surface area contributed by atoms with Crippen molar-refractivity contribution in [2.75, 3.05) is 13.2 Å². The van der Waals surface area contributed by atoms with Crippen LogP contribution >= 0.6 is 0 Å². The van der Waals surface area contributed by atoms with Crippen LogP contribution in [-0.4, -0.2) is 24.9 Å². The predicted molar refractivity (Wildman–Crippen MR) is 47.0 cm³/mol. The molecule has 1 rings (SSSR count). The van der Waals surface area contributed by atoms with Crippen molar-refractivity contribution in [2.45, 2.75) is 26.2 Å². The first-order valence-corrected chi connectivity index (χ1v) is 4.48. The van der Waals surface area contributed by atoms with Gasteiger partial charge in [-0.1, -0.05) is 6.92 Å². The third kappa shape index (κ3) is 2.28. The standard InChI is InChI=1S/C9H15NO3/c1-9(7(11)8(10)12)3-2-5-13-6-4-9/h2-6H2,1H3,(H2,10,12). The second-order valence-electron chi connectivity index (χ2n) is 3.72. The molecular formula is C9H15NO3. The SMILES string of the molecule is CC1(C(=O)C(N)=O)CCCOCC1. The summed E-state index contributed by atoms with van der Waals surface area (Å²) in [7, 11) is 0. The Morgan fingerprint density at radius 1 is 1.31 bits per heavy atom. The monoisotopic (exact) mass is 185 g/mol. The van der Waals surface area contributed by atoms with Gasteiger partial charge in [0.25, 0.3) is 5.91 Å². The summed E-state index contributed by atoms with van der Waals surface area (Å²) >= 11 is 0. The summed E-state index contributed by atoms with van der Waals surface area (Å²) in [5.74, 6) is -1.29. The van der Waals surface area contributed by atoms with Gasteiger partial charge in [0.15, 0.2) is 0 Å². The van der Waals surface area contributed by atoms with E-state index in [1.807, 2.05) is 0 Å². The number of ketones is 1. The number of primary amides is 1. The Hall–Kier alpha value is -0.900. The number of nitrogens with two attached hydrogens (primary N) is 1. The Morgan fingerprint density at radius 3 is 2.62 bits per heavy atom. The molecular weight excluding hydrogens is 170 g/mol. The van der Waals surface area contributed by atoms with E-state index in [2.05, 4.69) is 0 Å². The van der Waals surface area contributed by atoms with Crippen LogP contribution in [0.1, 0.15) is 26.2 Å². The van der Waals surface area contributed by atoms with Crippen molar-refractivity contribution < 1.29 is 14.3 Å². The highest BCUT2D eigenvalue weighted by Gasteiger charge is 2.36. The van der Waals surface area contributed by atoms with Gasteiger partial charge in [0.05, 0.1) is 0 Å². The van der Waals surface area contributed by atoms with Gasteiger partial charge in [-0.25, -0.2) is 0 Å². The van der Waals surface area contributed by atoms with Crippen LogP contribution in [-0.2, 0) is 14.3 Å². The number of Topliss-reactive ketones (excluding diaryl/α,β-unsaturated/α-hetero) is 1. The van der Waals surface area contributed by atoms with Crippen LogP contribution < -0.4 is 5.73 Å². The lowest BCUT2D eigenvalue weighted by Crippen LogP contribution is -2.38. The fourth-order valence-corrected chi connectivity index (χ4v) is 1.61. The Kier molecular flexibility index (Phi) is 3.03. The van der Waals surface area contributed by atoms with Crippen molar-refractivity contribution in [2.24, 2.45) is 11.1 Å². The van der Waals surface area contributed by atoms with Crippen LogP contribution in [0.5, 0.6) is 0 Å². The van der Waals surface area contributed by atoms with Crippen molar-refractivity contribution in [1.29, 1.82) is 0 Å². The molecule has 4 heteroatoms. The van der Waals surface area contributed by atoms with E-state index in [0.717, 1.165) is 6.42 Å². The maximum atomic E-state index is 11.4. The lowest BCUT2D eigenvalue weighted by molar-refractivity contribution is -0.142. The van der Waals surface area contributed by atoms with E-state index in [1.165, 1.54) is 0 Å². The largest absolute Gasteiger partial charge is 0.381 e. The van der Waals surface area contributed by atoms with Crippen LogP contribution in [0.4, 0.5) is 0 Å². The van der Waals surface area contributed by atoms with E-state index in [1.54, 1.807) is 6.92 Å². The van der Waals surface area contributed by atoms with E-state index in [0.29, 0.717) is 26.1 Å². The van der Waals surface area contributed by atoms with E-state index in [-0.39, 0.29) is 0 Å². The summed E-state index contributed by atoms with van der Waals surface area (Å²) in [5.41, 5.74) is 4.38. The molecule has 0 bridgehead atoms. The van der Waals surface area contributed by atoms with Crippen molar-refractivity contribution in [3.05, 3.63) is 0 Å². The highest BCUT2D eigenvalue weighted by Crippen LogP contribution is 2.30. The Labute approximate surface area is 77.4 Å². The van der Waals surface area contributed by atoms with Crippen LogP contribution in [0.25, 0.3) is 0 Å². The zero-order chi connectivity index (χ0) is 9.90. The minimum Gasteiger partial charge on any atom is -0.381 e. The van der Waals surface area contributed by atoms with Gasteiger partial charge in [0.2, 0.25) is 5.78 Å². The minimum absolute atomic E-state index is 0.460. The molecule has 0 aromatic carbocycles. The molecule has 74 valence electrons. The Balaban J connectivity index is 2.71. The first-order valence-electron chi connectivity index (χ1n) is 4.48. The molecule has 1 unspecified atom stereocenters. The van der Waals surface area contributed by atoms with Gasteiger partial charge in [-0.15, -0.1) is 0 Å².